The predicted octanol–water partition coefficient (Wildman–Crippen LogP) is 0.919. The molecular formula is C12H18N2O2. The van der Waals surface area contributed by atoms with Gasteiger partial charge in [0.2, 0.25) is 0 Å². The Bertz CT molecular complexity index is 349. The van der Waals surface area contributed by atoms with Crippen LogP contribution in [0, 0.1) is 0 Å². The van der Waals surface area contributed by atoms with Crippen LogP contribution in [0.15, 0.2) is 24.3 Å². The summed E-state index contributed by atoms with van der Waals surface area (Å²) in [5.41, 5.74) is 0.212. The standard InChI is InChI=1S/C12H18N2O2/c15-11-3-1-2-10(8-11)14-9-12(16)4-6-13-7-5-12/h1-3,8,13-16H,4-7,9H2. The quantitative estimate of drug-likeness (QED) is 0.614. The van der Waals surface area contributed by atoms with E-state index in [4.69, 9.17) is 0 Å². The monoisotopic (exact) mass is 222 g/mol. The zero-order chi connectivity index (χ0) is 11.4. The molecule has 0 aliphatic carbocycles. The fourth-order valence-corrected chi connectivity index (χ4v) is 1.95. The van der Waals surface area contributed by atoms with Gasteiger partial charge in [-0.15, -0.1) is 0 Å². The number of hydrogen-bond donors (Lipinski definition) is 4. The number of nitrogens with one attached hydrogen (secondary N) is 2. The third-order valence-corrected chi connectivity index (χ3v) is 3.00. The fraction of sp³-hybridized carbons (Fsp3) is 0.500. The summed E-state index contributed by atoms with van der Waals surface area (Å²) in [5.74, 6) is 0.238. The maximum Gasteiger partial charge on any atom is 0.117 e. The molecule has 1 fully saturated rings. The Kier molecular flexibility index (Phi) is 3.31. The van der Waals surface area contributed by atoms with Crippen LogP contribution < -0.4 is 10.6 Å². The van der Waals surface area contributed by atoms with Gasteiger partial charge in [-0.2, -0.15) is 0 Å². The Morgan fingerprint density at radius 2 is 2.06 bits per heavy atom. The van der Waals surface area contributed by atoms with Crippen LogP contribution in [0.1, 0.15) is 12.8 Å². The molecule has 1 aliphatic heterocycles. The molecule has 2 rings (SSSR count). The van der Waals surface area contributed by atoms with E-state index < -0.39 is 5.60 Å². The average Bonchev–Trinajstić information content (AvgIpc) is 2.28. The molecular weight excluding hydrogens is 204 g/mol. The van der Waals surface area contributed by atoms with Gasteiger partial charge in [-0.3, -0.25) is 0 Å². The molecule has 0 saturated carbocycles. The molecule has 0 radical (unpaired) electrons. The molecule has 0 spiro atoms. The predicted molar refractivity (Wildman–Crippen MR) is 63.7 cm³/mol. The van der Waals surface area contributed by atoms with E-state index >= 15 is 0 Å². The van der Waals surface area contributed by atoms with Crippen molar-refractivity contribution in [3.05, 3.63) is 24.3 Å². The molecule has 88 valence electrons. The molecule has 0 unspecified atom stereocenters. The first-order chi connectivity index (χ1) is 7.68. The van der Waals surface area contributed by atoms with Crippen molar-refractivity contribution >= 4 is 5.69 Å². The van der Waals surface area contributed by atoms with Crippen LogP contribution in [-0.2, 0) is 0 Å². The maximum atomic E-state index is 10.2. The highest BCUT2D eigenvalue weighted by atomic mass is 16.3. The van der Waals surface area contributed by atoms with Gasteiger partial charge in [0.05, 0.1) is 5.60 Å². The van der Waals surface area contributed by atoms with Crippen LogP contribution in [-0.4, -0.2) is 35.4 Å². The Labute approximate surface area is 95.3 Å². The smallest absolute Gasteiger partial charge is 0.117 e. The second-order valence-electron chi connectivity index (χ2n) is 4.38. The molecule has 4 nitrogen and oxygen atoms in total. The minimum absolute atomic E-state index is 0.238. The molecule has 0 amide bonds. The minimum atomic E-state index is -0.628. The molecule has 0 aromatic heterocycles. The van der Waals surface area contributed by atoms with E-state index in [1.165, 1.54) is 0 Å². The number of piperidine rings is 1. The van der Waals surface area contributed by atoms with Crippen LogP contribution in [0.4, 0.5) is 5.69 Å². The number of hydrogen-bond acceptors (Lipinski definition) is 4. The first kappa shape index (κ1) is 11.2. The SMILES string of the molecule is Oc1cccc(NCC2(O)CCNCC2)c1. The lowest BCUT2D eigenvalue weighted by molar-refractivity contribution is 0.0232. The Hall–Kier alpha value is -1.26. The lowest BCUT2D eigenvalue weighted by Gasteiger charge is -2.33. The van der Waals surface area contributed by atoms with Gasteiger partial charge in [0.1, 0.15) is 5.75 Å². The van der Waals surface area contributed by atoms with Gasteiger partial charge >= 0.3 is 0 Å². The summed E-state index contributed by atoms with van der Waals surface area (Å²) in [6, 6.07) is 6.95. The number of benzene rings is 1. The van der Waals surface area contributed by atoms with Crippen molar-refractivity contribution in [1.29, 1.82) is 0 Å². The van der Waals surface area contributed by atoms with Gasteiger partial charge in [-0.25, -0.2) is 0 Å². The molecule has 1 heterocycles. The van der Waals surface area contributed by atoms with Crippen LogP contribution in [0.2, 0.25) is 0 Å². The third-order valence-electron chi connectivity index (χ3n) is 3.00. The van der Waals surface area contributed by atoms with Crippen LogP contribution in [0.25, 0.3) is 0 Å². The highest BCUT2D eigenvalue weighted by Crippen LogP contribution is 2.20. The van der Waals surface area contributed by atoms with E-state index in [0.717, 1.165) is 31.6 Å². The van der Waals surface area contributed by atoms with Crippen LogP contribution >= 0.6 is 0 Å². The molecule has 4 heteroatoms. The average molecular weight is 222 g/mol. The molecule has 0 atom stereocenters. The van der Waals surface area contributed by atoms with Crippen LogP contribution in [0.5, 0.6) is 5.75 Å². The number of aromatic hydroxyl groups is 1. The third kappa shape index (κ3) is 2.87. The van der Waals surface area contributed by atoms with Crippen molar-refractivity contribution in [2.75, 3.05) is 25.0 Å². The molecule has 1 saturated heterocycles. The molecule has 1 aromatic carbocycles. The van der Waals surface area contributed by atoms with Crippen molar-refractivity contribution in [3.8, 4) is 5.75 Å². The van der Waals surface area contributed by atoms with Crippen LogP contribution in [0.3, 0.4) is 0 Å². The first-order valence-corrected chi connectivity index (χ1v) is 5.64. The van der Waals surface area contributed by atoms with Crippen molar-refractivity contribution < 1.29 is 10.2 Å². The lowest BCUT2D eigenvalue weighted by atomic mass is 9.92. The topological polar surface area (TPSA) is 64.5 Å². The van der Waals surface area contributed by atoms with Gasteiger partial charge in [-0.1, -0.05) is 6.07 Å². The number of rotatable bonds is 3. The van der Waals surface area contributed by atoms with Crippen molar-refractivity contribution in [2.24, 2.45) is 0 Å². The summed E-state index contributed by atoms with van der Waals surface area (Å²) in [6.07, 6.45) is 1.53. The van der Waals surface area contributed by atoms with Crippen molar-refractivity contribution in [2.45, 2.75) is 18.4 Å². The Balaban J connectivity index is 1.91. The van der Waals surface area contributed by atoms with Crippen molar-refractivity contribution in [1.82, 2.24) is 5.32 Å². The summed E-state index contributed by atoms with van der Waals surface area (Å²) in [5, 5.41) is 25.9. The number of anilines is 1. The Morgan fingerprint density at radius 3 is 2.75 bits per heavy atom. The number of phenols is 1. The molecule has 1 aliphatic rings. The van der Waals surface area contributed by atoms with Gasteiger partial charge in [0, 0.05) is 18.3 Å². The Morgan fingerprint density at radius 1 is 1.31 bits per heavy atom. The zero-order valence-electron chi connectivity index (χ0n) is 9.24. The minimum Gasteiger partial charge on any atom is -0.508 e. The highest BCUT2D eigenvalue weighted by Gasteiger charge is 2.28. The summed E-state index contributed by atoms with van der Waals surface area (Å²) in [7, 11) is 0. The fourth-order valence-electron chi connectivity index (χ4n) is 1.95. The molecule has 1 aromatic rings. The normalized spacial score (nSPS) is 19.3. The van der Waals surface area contributed by atoms with Gasteiger partial charge in [0.15, 0.2) is 0 Å². The number of aliphatic hydroxyl groups is 1. The van der Waals surface area contributed by atoms with E-state index in [9.17, 15) is 10.2 Å². The molecule has 4 N–H and O–H groups in total. The second kappa shape index (κ2) is 4.72. The summed E-state index contributed by atoms with van der Waals surface area (Å²) in [4.78, 5) is 0. The summed E-state index contributed by atoms with van der Waals surface area (Å²) in [6.45, 7) is 2.24. The number of phenolic OH excluding ortho intramolecular Hbond substituents is 1. The van der Waals surface area contributed by atoms with E-state index in [2.05, 4.69) is 10.6 Å². The van der Waals surface area contributed by atoms with E-state index in [1.54, 1.807) is 18.2 Å². The van der Waals surface area contributed by atoms with Gasteiger partial charge in [0.25, 0.3) is 0 Å². The summed E-state index contributed by atoms with van der Waals surface area (Å²) >= 11 is 0. The summed E-state index contributed by atoms with van der Waals surface area (Å²) < 4.78 is 0. The first-order valence-electron chi connectivity index (χ1n) is 5.64. The maximum absolute atomic E-state index is 10.2. The van der Waals surface area contributed by atoms with Gasteiger partial charge < -0.3 is 20.8 Å². The highest BCUT2D eigenvalue weighted by molar-refractivity contribution is 5.47. The molecule has 0 bridgehead atoms. The van der Waals surface area contributed by atoms with E-state index in [1.807, 2.05) is 6.07 Å². The van der Waals surface area contributed by atoms with E-state index in [0.29, 0.717) is 6.54 Å². The lowest BCUT2D eigenvalue weighted by Crippen LogP contribution is -2.46. The van der Waals surface area contributed by atoms with Gasteiger partial charge in [-0.05, 0) is 38.1 Å². The zero-order valence-corrected chi connectivity index (χ0v) is 9.24. The largest absolute Gasteiger partial charge is 0.508 e. The van der Waals surface area contributed by atoms with Crippen molar-refractivity contribution in [3.63, 3.8) is 0 Å². The molecule has 16 heavy (non-hydrogen) atoms. The second-order valence-corrected chi connectivity index (χ2v) is 4.38. The van der Waals surface area contributed by atoms with E-state index in [-0.39, 0.29) is 5.75 Å².